The zero-order chi connectivity index (χ0) is 37.5. The lowest BCUT2D eigenvalue weighted by molar-refractivity contribution is 0.669. The topological polar surface area (TPSA) is 57.0 Å². The third-order valence-electron chi connectivity index (χ3n) is 11.2. The van der Waals surface area contributed by atoms with Crippen molar-refractivity contribution < 1.29 is 8.83 Å². The lowest BCUT2D eigenvalue weighted by Gasteiger charge is -2.12. The normalized spacial score (nSPS) is 11.9. The largest absolute Gasteiger partial charge is 0.455 e. The number of benzene rings is 8. The molecular formula is C52H31N3O2. The summed E-state index contributed by atoms with van der Waals surface area (Å²) in [6.45, 7) is 0. The van der Waals surface area contributed by atoms with Gasteiger partial charge in [-0.2, -0.15) is 0 Å². The van der Waals surface area contributed by atoms with Crippen LogP contribution in [0.3, 0.4) is 0 Å². The summed E-state index contributed by atoms with van der Waals surface area (Å²) < 4.78 is 15.3. The third-order valence-corrected chi connectivity index (χ3v) is 11.2. The second kappa shape index (κ2) is 12.4. The van der Waals surface area contributed by atoms with Gasteiger partial charge in [-0.25, -0.2) is 9.97 Å². The van der Waals surface area contributed by atoms with Crippen molar-refractivity contribution >= 4 is 65.7 Å². The molecule has 8 aromatic carbocycles. The smallest absolute Gasteiger partial charge is 0.235 e. The maximum atomic E-state index is 6.53. The highest BCUT2D eigenvalue weighted by atomic mass is 16.3. The summed E-state index contributed by atoms with van der Waals surface area (Å²) in [5.74, 6) is 0.606. The zero-order valence-electron chi connectivity index (χ0n) is 30.6. The number of hydrogen-bond donors (Lipinski definition) is 0. The van der Waals surface area contributed by atoms with Gasteiger partial charge >= 0.3 is 0 Å². The first-order valence-corrected chi connectivity index (χ1v) is 19.1. The van der Waals surface area contributed by atoms with Crippen molar-refractivity contribution in [2.45, 2.75) is 0 Å². The van der Waals surface area contributed by atoms with Crippen LogP contribution >= 0.6 is 0 Å². The molecule has 266 valence electrons. The van der Waals surface area contributed by atoms with E-state index in [4.69, 9.17) is 18.8 Å². The molecule has 12 rings (SSSR count). The first-order valence-electron chi connectivity index (χ1n) is 19.1. The molecule has 0 aliphatic rings. The fraction of sp³-hybridized carbons (Fsp3) is 0. The van der Waals surface area contributed by atoms with Gasteiger partial charge in [0.1, 0.15) is 22.3 Å². The van der Waals surface area contributed by atoms with Gasteiger partial charge in [0.05, 0.1) is 22.4 Å². The first kappa shape index (κ1) is 31.6. The number of rotatable bonds is 5. The van der Waals surface area contributed by atoms with E-state index in [1.807, 2.05) is 60.7 Å². The standard InChI is InChI=1S/C52H31N3O2/c1-3-13-32(14-4-1)44-31-45(33-15-5-2-6-16-33)54-52(53-44)55-46-27-25-34(36-19-11-21-40-38-17-7-9-23-48(38)56-50(36)40)29-42(46)43-30-35(26-28-47(43)55)37-20-12-22-41-39-18-8-10-24-49(39)57-51(37)41/h1-31H. The quantitative estimate of drug-likeness (QED) is 0.177. The number of hydrogen-bond acceptors (Lipinski definition) is 4. The molecule has 0 aliphatic carbocycles. The van der Waals surface area contributed by atoms with Crippen LogP contribution in [0, 0.1) is 0 Å². The highest BCUT2D eigenvalue weighted by molar-refractivity contribution is 6.15. The Bertz CT molecular complexity index is 3290. The Labute approximate surface area is 326 Å². The van der Waals surface area contributed by atoms with Crippen molar-refractivity contribution in [2.75, 3.05) is 0 Å². The molecule has 0 aliphatic heterocycles. The SMILES string of the molecule is c1ccc(-c2cc(-c3ccccc3)nc(-n3c4ccc(-c5cccc6c5oc5ccccc56)cc4c4cc(-c5cccc6c5oc5ccccc56)ccc43)n2)cc1. The zero-order valence-corrected chi connectivity index (χ0v) is 30.6. The van der Waals surface area contributed by atoms with Crippen LogP contribution < -0.4 is 0 Å². The van der Waals surface area contributed by atoms with Gasteiger partial charge in [0.2, 0.25) is 5.95 Å². The van der Waals surface area contributed by atoms with Crippen molar-refractivity contribution in [3.05, 3.63) is 188 Å². The highest BCUT2D eigenvalue weighted by Gasteiger charge is 2.21. The summed E-state index contributed by atoms with van der Waals surface area (Å²) in [7, 11) is 0. The van der Waals surface area contributed by atoms with E-state index >= 15 is 0 Å². The number of furan rings is 2. The second-order valence-electron chi connectivity index (χ2n) is 14.5. The Morgan fingerprint density at radius 3 is 1.26 bits per heavy atom. The first-order chi connectivity index (χ1) is 28.2. The maximum Gasteiger partial charge on any atom is 0.235 e. The molecule has 5 heteroatoms. The Balaban J connectivity index is 1.14. The van der Waals surface area contributed by atoms with E-state index < -0.39 is 0 Å². The molecule has 57 heavy (non-hydrogen) atoms. The van der Waals surface area contributed by atoms with Gasteiger partial charge in [-0.15, -0.1) is 0 Å². The van der Waals surface area contributed by atoms with Gasteiger partial charge in [-0.1, -0.05) is 146 Å². The minimum atomic E-state index is 0.606. The molecule has 5 nitrogen and oxygen atoms in total. The molecule has 4 aromatic heterocycles. The van der Waals surface area contributed by atoms with Crippen LogP contribution in [-0.4, -0.2) is 14.5 Å². The van der Waals surface area contributed by atoms with Crippen LogP contribution in [0.5, 0.6) is 0 Å². The number of para-hydroxylation sites is 4. The van der Waals surface area contributed by atoms with Crippen LogP contribution in [0.2, 0.25) is 0 Å². The van der Waals surface area contributed by atoms with E-state index in [1.165, 1.54) is 0 Å². The van der Waals surface area contributed by atoms with Crippen molar-refractivity contribution in [1.82, 2.24) is 14.5 Å². The van der Waals surface area contributed by atoms with Gasteiger partial charge in [0.15, 0.2) is 0 Å². The molecule has 0 saturated heterocycles. The van der Waals surface area contributed by atoms with Crippen LogP contribution in [-0.2, 0) is 0 Å². The molecule has 0 atom stereocenters. The summed E-state index contributed by atoms with van der Waals surface area (Å²) in [6.07, 6.45) is 0. The number of aromatic nitrogens is 3. The lowest BCUT2D eigenvalue weighted by Crippen LogP contribution is -2.04. The Hall–Kier alpha value is -7.76. The van der Waals surface area contributed by atoms with Crippen molar-refractivity contribution in [2.24, 2.45) is 0 Å². The molecular weight excluding hydrogens is 699 g/mol. The highest BCUT2D eigenvalue weighted by Crippen LogP contribution is 2.42. The van der Waals surface area contributed by atoms with Crippen molar-refractivity contribution in [1.29, 1.82) is 0 Å². The van der Waals surface area contributed by atoms with E-state index in [2.05, 4.69) is 132 Å². The summed E-state index contributed by atoms with van der Waals surface area (Å²) in [5.41, 5.74) is 13.5. The molecule has 0 unspecified atom stereocenters. The Morgan fingerprint density at radius 2 is 0.772 bits per heavy atom. The molecule has 0 bridgehead atoms. The number of fused-ring (bicyclic) bond motifs is 9. The average molecular weight is 730 g/mol. The minimum absolute atomic E-state index is 0.606. The molecule has 0 fully saturated rings. The molecule has 0 radical (unpaired) electrons. The minimum Gasteiger partial charge on any atom is -0.455 e. The molecule has 0 spiro atoms. The van der Waals surface area contributed by atoms with Gasteiger partial charge in [0.25, 0.3) is 0 Å². The summed E-state index contributed by atoms with van der Waals surface area (Å²) in [4.78, 5) is 10.6. The predicted octanol–water partition coefficient (Wildman–Crippen LogP) is 14.0. The molecule has 0 N–H and O–H groups in total. The van der Waals surface area contributed by atoms with Crippen LogP contribution in [0.25, 0.3) is 116 Å². The fourth-order valence-electron chi connectivity index (χ4n) is 8.57. The summed E-state index contributed by atoms with van der Waals surface area (Å²) in [6, 6.07) is 65.4. The fourth-order valence-corrected chi connectivity index (χ4v) is 8.57. The monoisotopic (exact) mass is 729 g/mol. The molecule has 4 heterocycles. The predicted molar refractivity (Wildman–Crippen MR) is 233 cm³/mol. The van der Waals surface area contributed by atoms with Gasteiger partial charge in [0, 0.05) is 54.6 Å². The van der Waals surface area contributed by atoms with E-state index in [1.54, 1.807) is 0 Å². The maximum absolute atomic E-state index is 6.53. The van der Waals surface area contributed by atoms with Gasteiger partial charge < -0.3 is 8.83 Å². The summed E-state index contributed by atoms with van der Waals surface area (Å²) >= 11 is 0. The number of nitrogens with zero attached hydrogens (tertiary/aromatic N) is 3. The lowest BCUT2D eigenvalue weighted by atomic mass is 9.98. The molecule has 0 amide bonds. The Morgan fingerprint density at radius 1 is 0.333 bits per heavy atom. The van der Waals surface area contributed by atoms with Gasteiger partial charge in [-0.3, -0.25) is 4.57 Å². The van der Waals surface area contributed by atoms with Crippen LogP contribution in [0.4, 0.5) is 0 Å². The van der Waals surface area contributed by atoms with Crippen LogP contribution in [0.1, 0.15) is 0 Å². The molecule has 12 aromatic rings. The van der Waals surface area contributed by atoms with E-state index in [-0.39, 0.29) is 0 Å². The van der Waals surface area contributed by atoms with E-state index in [0.29, 0.717) is 5.95 Å². The van der Waals surface area contributed by atoms with Crippen LogP contribution in [0.15, 0.2) is 197 Å². The third kappa shape index (κ3) is 4.96. The molecule has 0 saturated carbocycles. The van der Waals surface area contributed by atoms with Crippen molar-refractivity contribution in [3.63, 3.8) is 0 Å². The average Bonchev–Trinajstić information content (AvgIpc) is 3.96. The van der Waals surface area contributed by atoms with E-state index in [9.17, 15) is 0 Å². The van der Waals surface area contributed by atoms with E-state index in [0.717, 1.165) is 110 Å². The van der Waals surface area contributed by atoms with Crippen molar-refractivity contribution in [3.8, 4) is 50.7 Å². The van der Waals surface area contributed by atoms with Gasteiger partial charge in [-0.05, 0) is 53.6 Å². The Kier molecular flexibility index (Phi) is 6.86. The second-order valence-corrected chi connectivity index (χ2v) is 14.5. The summed E-state index contributed by atoms with van der Waals surface area (Å²) in [5, 5.41) is 6.61.